The van der Waals surface area contributed by atoms with Crippen LogP contribution in [-0.4, -0.2) is 29.1 Å². The van der Waals surface area contributed by atoms with E-state index < -0.39 is 0 Å². The third-order valence-corrected chi connectivity index (χ3v) is 4.89. The Morgan fingerprint density at radius 3 is 2.25 bits per heavy atom. The maximum Gasteiger partial charge on any atom is 0.240 e. The lowest BCUT2D eigenvalue weighted by atomic mass is 9.63. The molecule has 1 amide bonds. The van der Waals surface area contributed by atoms with E-state index in [-0.39, 0.29) is 12.2 Å². The number of hydrogen-bond donors (Lipinski definition) is 1. The van der Waals surface area contributed by atoms with Gasteiger partial charge in [0.2, 0.25) is 5.91 Å². The lowest BCUT2D eigenvalue weighted by Crippen LogP contribution is -2.51. The third-order valence-electron chi connectivity index (χ3n) is 4.89. The summed E-state index contributed by atoms with van der Waals surface area (Å²) in [6.07, 6.45) is 5.95. The van der Waals surface area contributed by atoms with Crippen LogP contribution in [0.2, 0.25) is 0 Å². The second-order valence-corrected chi connectivity index (χ2v) is 8.51. The Kier molecular flexibility index (Phi) is 4.21. The largest absolute Gasteiger partial charge is 0.323 e. The highest BCUT2D eigenvalue weighted by Gasteiger charge is 2.46. The Bertz CT molecular complexity index is 359. The van der Waals surface area contributed by atoms with Crippen LogP contribution in [0.15, 0.2) is 0 Å². The average Bonchev–Trinajstić information content (AvgIpc) is 2.50. The van der Waals surface area contributed by atoms with Crippen molar-refractivity contribution in [3.05, 3.63) is 0 Å². The lowest BCUT2D eigenvalue weighted by molar-refractivity contribution is -0.135. The van der Waals surface area contributed by atoms with E-state index in [4.69, 9.17) is 0 Å². The highest BCUT2D eigenvalue weighted by atomic mass is 16.2. The summed E-state index contributed by atoms with van der Waals surface area (Å²) in [5.41, 5.74) is 0.657. The van der Waals surface area contributed by atoms with Gasteiger partial charge in [-0.05, 0) is 43.4 Å². The minimum absolute atomic E-state index is 0.0142. The second-order valence-electron chi connectivity index (χ2n) is 8.51. The van der Waals surface area contributed by atoms with Gasteiger partial charge in [-0.15, -0.1) is 0 Å². The van der Waals surface area contributed by atoms with Gasteiger partial charge in [0.15, 0.2) is 0 Å². The van der Waals surface area contributed by atoms with Gasteiger partial charge in [-0.25, -0.2) is 0 Å². The van der Waals surface area contributed by atoms with Gasteiger partial charge in [0, 0.05) is 6.04 Å². The van der Waals surface area contributed by atoms with E-state index in [2.05, 4.69) is 44.8 Å². The smallest absolute Gasteiger partial charge is 0.240 e. The van der Waals surface area contributed by atoms with Crippen LogP contribution in [0.25, 0.3) is 0 Å². The average molecular weight is 280 g/mol. The minimum Gasteiger partial charge on any atom is -0.323 e. The van der Waals surface area contributed by atoms with Gasteiger partial charge in [-0.1, -0.05) is 41.0 Å². The van der Waals surface area contributed by atoms with Crippen molar-refractivity contribution in [3.8, 4) is 0 Å². The molecular formula is C17H32N2O. The molecule has 0 aromatic rings. The van der Waals surface area contributed by atoms with E-state index in [1.165, 1.54) is 6.42 Å². The Morgan fingerprint density at radius 2 is 1.75 bits per heavy atom. The molecule has 0 aromatic heterocycles. The van der Waals surface area contributed by atoms with Gasteiger partial charge in [0.05, 0.1) is 12.2 Å². The quantitative estimate of drug-likeness (QED) is 0.857. The van der Waals surface area contributed by atoms with Crippen molar-refractivity contribution in [2.75, 3.05) is 0 Å². The predicted octanol–water partition coefficient (Wildman–Crippen LogP) is 3.54. The second kappa shape index (κ2) is 5.32. The fourth-order valence-electron chi connectivity index (χ4n) is 4.73. The molecule has 0 spiro atoms. The molecule has 2 atom stereocenters. The molecule has 0 aromatic carbocycles. The van der Waals surface area contributed by atoms with Crippen LogP contribution in [0.4, 0.5) is 0 Å². The van der Waals surface area contributed by atoms with E-state index in [1.807, 2.05) is 6.92 Å². The molecule has 1 N–H and O–H groups in total. The van der Waals surface area contributed by atoms with Crippen LogP contribution in [0.1, 0.15) is 73.6 Å². The Morgan fingerprint density at radius 1 is 1.20 bits per heavy atom. The maximum atomic E-state index is 12.6. The molecule has 1 aliphatic carbocycles. The molecule has 2 fully saturated rings. The zero-order chi connectivity index (χ0) is 15.1. The van der Waals surface area contributed by atoms with Crippen LogP contribution in [0, 0.1) is 10.8 Å². The lowest BCUT2D eigenvalue weighted by Gasteiger charge is -2.48. The number of rotatable bonds is 3. The van der Waals surface area contributed by atoms with E-state index in [0.717, 1.165) is 25.7 Å². The normalized spacial score (nSPS) is 33.7. The molecule has 2 rings (SSSR count). The summed E-state index contributed by atoms with van der Waals surface area (Å²) in [6, 6.07) is 0.384. The third kappa shape index (κ3) is 3.19. The first kappa shape index (κ1) is 15.8. The molecule has 1 heterocycles. The number of nitrogens with zero attached hydrogens (tertiary/aromatic N) is 1. The zero-order valence-electron chi connectivity index (χ0n) is 14.1. The molecule has 2 aliphatic rings. The number of nitrogens with one attached hydrogen (secondary N) is 1. The molecule has 0 radical (unpaired) electrons. The standard InChI is InChI=1S/C17H32N2O/c1-7-8-14-18-12(2)15(20)19(14)13-9-16(3,4)11-17(5,6)10-13/h12-14,18H,7-11H2,1-6H3. The van der Waals surface area contributed by atoms with Crippen molar-refractivity contribution in [2.45, 2.75) is 91.9 Å². The summed E-state index contributed by atoms with van der Waals surface area (Å²) in [7, 11) is 0. The maximum absolute atomic E-state index is 12.6. The predicted molar refractivity (Wildman–Crippen MR) is 83.3 cm³/mol. The Balaban J connectivity index is 2.21. The van der Waals surface area contributed by atoms with Crippen molar-refractivity contribution >= 4 is 5.91 Å². The molecule has 20 heavy (non-hydrogen) atoms. The number of carbonyl (C=O) groups is 1. The van der Waals surface area contributed by atoms with Gasteiger partial charge in [0.25, 0.3) is 0 Å². The zero-order valence-corrected chi connectivity index (χ0v) is 14.1. The van der Waals surface area contributed by atoms with E-state index in [1.54, 1.807) is 0 Å². The van der Waals surface area contributed by atoms with Crippen LogP contribution < -0.4 is 5.32 Å². The SMILES string of the molecule is CCCC1NC(C)C(=O)N1C1CC(C)(C)CC(C)(C)C1. The summed E-state index contributed by atoms with van der Waals surface area (Å²) in [6.45, 7) is 13.6. The fourth-order valence-corrected chi connectivity index (χ4v) is 4.73. The Hall–Kier alpha value is -0.570. The van der Waals surface area contributed by atoms with Crippen LogP contribution >= 0.6 is 0 Å². The molecule has 3 heteroatoms. The number of hydrogen-bond acceptors (Lipinski definition) is 2. The van der Waals surface area contributed by atoms with Crippen LogP contribution in [-0.2, 0) is 4.79 Å². The first-order valence-corrected chi connectivity index (χ1v) is 8.23. The summed E-state index contributed by atoms with van der Waals surface area (Å²) in [5.74, 6) is 0.307. The molecular weight excluding hydrogens is 248 g/mol. The minimum atomic E-state index is -0.0142. The number of amides is 1. The fraction of sp³-hybridized carbons (Fsp3) is 0.941. The summed E-state index contributed by atoms with van der Waals surface area (Å²) >= 11 is 0. The van der Waals surface area contributed by atoms with Crippen LogP contribution in [0.3, 0.4) is 0 Å². The summed E-state index contributed by atoms with van der Waals surface area (Å²) in [5, 5.41) is 3.48. The monoisotopic (exact) mass is 280 g/mol. The number of carbonyl (C=O) groups excluding carboxylic acids is 1. The van der Waals surface area contributed by atoms with Gasteiger partial charge in [-0.2, -0.15) is 0 Å². The van der Waals surface area contributed by atoms with Crippen molar-refractivity contribution in [3.63, 3.8) is 0 Å². The molecule has 1 aliphatic heterocycles. The van der Waals surface area contributed by atoms with Gasteiger partial charge in [0.1, 0.15) is 0 Å². The van der Waals surface area contributed by atoms with E-state index in [9.17, 15) is 4.79 Å². The summed E-state index contributed by atoms with van der Waals surface area (Å²) < 4.78 is 0. The first-order valence-electron chi connectivity index (χ1n) is 8.23. The van der Waals surface area contributed by atoms with Gasteiger partial charge in [-0.3, -0.25) is 10.1 Å². The van der Waals surface area contributed by atoms with Gasteiger partial charge < -0.3 is 4.90 Å². The van der Waals surface area contributed by atoms with E-state index >= 15 is 0 Å². The molecule has 3 nitrogen and oxygen atoms in total. The highest BCUT2D eigenvalue weighted by Crippen LogP contribution is 2.48. The Labute approximate surface area is 124 Å². The summed E-state index contributed by atoms with van der Waals surface area (Å²) in [4.78, 5) is 14.8. The van der Waals surface area contributed by atoms with E-state index in [0.29, 0.717) is 22.8 Å². The van der Waals surface area contributed by atoms with Crippen LogP contribution in [0.5, 0.6) is 0 Å². The van der Waals surface area contributed by atoms with Crippen molar-refractivity contribution in [1.29, 1.82) is 0 Å². The molecule has 116 valence electrons. The topological polar surface area (TPSA) is 32.3 Å². The van der Waals surface area contributed by atoms with Crippen molar-refractivity contribution in [2.24, 2.45) is 10.8 Å². The highest BCUT2D eigenvalue weighted by molar-refractivity contribution is 5.84. The molecule has 1 saturated carbocycles. The molecule has 1 saturated heterocycles. The van der Waals surface area contributed by atoms with Gasteiger partial charge >= 0.3 is 0 Å². The first-order chi connectivity index (χ1) is 9.15. The van der Waals surface area contributed by atoms with Crippen molar-refractivity contribution in [1.82, 2.24) is 10.2 Å². The molecule has 0 bridgehead atoms. The molecule has 2 unspecified atom stereocenters. The van der Waals surface area contributed by atoms with Crippen molar-refractivity contribution < 1.29 is 4.79 Å².